The van der Waals surface area contributed by atoms with Crippen LogP contribution in [0.1, 0.15) is 0 Å². The Morgan fingerprint density at radius 3 is 3.06 bits per heavy atom. The first kappa shape index (κ1) is 12.7. The highest BCUT2D eigenvalue weighted by atomic mass is 79.9. The molecular weight excluding hydrogens is 304 g/mol. The van der Waals surface area contributed by atoms with E-state index in [0.29, 0.717) is 6.54 Å². The maximum atomic E-state index is 11.7. The van der Waals surface area contributed by atoms with Crippen molar-refractivity contribution in [2.75, 3.05) is 18.1 Å². The smallest absolute Gasteiger partial charge is 0.414 e. The number of halogens is 1. The molecule has 18 heavy (non-hydrogen) atoms. The summed E-state index contributed by atoms with van der Waals surface area (Å²) in [7, 11) is 0. The average Bonchev–Trinajstić information content (AvgIpc) is 2.68. The van der Waals surface area contributed by atoms with Gasteiger partial charge in [-0.25, -0.2) is 9.59 Å². The quantitative estimate of drug-likeness (QED) is 0.923. The van der Waals surface area contributed by atoms with Crippen LogP contribution in [0.2, 0.25) is 0 Å². The number of rotatable bonds is 3. The van der Waals surface area contributed by atoms with Gasteiger partial charge in [0.15, 0.2) is 6.10 Å². The topological polar surface area (TPSA) is 81.9 Å². The molecule has 0 radical (unpaired) electrons. The van der Waals surface area contributed by atoms with Crippen molar-refractivity contribution in [3.8, 4) is 0 Å². The van der Waals surface area contributed by atoms with Crippen LogP contribution >= 0.6 is 15.9 Å². The Labute approximate surface area is 112 Å². The van der Waals surface area contributed by atoms with E-state index in [2.05, 4.69) is 20.7 Å². The Bertz CT molecular complexity index is 480. The lowest BCUT2D eigenvalue weighted by Gasteiger charge is -2.12. The molecule has 1 heterocycles. The molecule has 2 rings (SSSR count). The van der Waals surface area contributed by atoms with Gasteiger partial charge >= 0.3 is 12.2 Å². The highest BCUT2D eigenvalue weighted by Gasteiger charge is 2.33. The summed E-state index contributed by atoms with van der Waals surface area (Å²) in [6.07, 6.45) is -1.85. The number of nitrogens with zero attached hydrogens (tertiary/aromatic N) is 1. The van der Waals surface area contributed by atoms with Crippen LogP contribution in [0.4, 0.5) is 15.3 Å². The Morgan fingerprint density at radius 1 is 1.61 bits per heavy atom. The third kappa shape index (κ3) is 2.92. The molecule has 1 saturated heterocycles. The fraction of sp³-hybridized carbons (Fsp3) is 0.273. The molecule has 0 aromatic heterocycles. The van der Waals surface area contributed by atoms with Gasteiger partial charge in [-0.05, 0) is 18.2 Å². The van der Waals surface area contributed by atoms with Crippen molar-refractivity contribution in [2.24, 2.45) is 5.73 Å². The van der Waals surface area contributed by atoms with Crippen LogP contribution in [-0.2, 0) is 9.47 Å². The molecule has 2 amide bonds. The molecule has 0 aliphatic carbocycles. The fourth-order valence-electron chi connectivity index (χ4n) is 1.64. The summed E-state index contributed by atoms with van der Waals surface area (Å²) in [6.45, 7) is 0.286. The maximum absolute atomic E-state index is 11.7. The van der Waals surface area contributed by atoms with Gasteiger partial charge in [-0.2, -0.15) is 0 Å². The molecule has 6 nitrogen and oxygen atoms in total. The van der Waals surface area contributed by atoms with E-state index in [1.54, 1.807) is 12.1 Å². The van der Waals surface area contributed by atoms with Gasteiger partial charge in [-0.3, -0.25) is 4.90 Å². The van der Waals surface area contributed by atoms with Crippen molar-refractivity contribution in [2.45, 2.75) is 6.10 Å². The second kappa shape index (κ2) is 5.26. The minimum atomic E-state index is -0.882. The van der Waals surface area contributed by atoms with Crippen LogP contribution in [0, 0.1) is 0 Å². The number of carbonyl (C=O) groups excluding carboxylic acids is 2. The molecule has 0 saturated carbocycles. The molecule has 7 heteroatoms. The van der Waals surface area contributed by atoms with Gasteiger partial charge in [0, 0.05) is 10.2 Å². The van der Waals surface area contributed by atoms with Crippen molar-refractivity contribution in [1.29, 1.82) is 0 Å². The second-order valence-electron chi connectivity index (χ2n) is 3.73. The molecule has 1 fully saturated rings. The molecule has 1 aromatic rings. The van der Waals surface area contributed by atoms with Gasteiger partial charge in [0.25, 0.3) is 0 Å². The summed E-state index contributed by atoms with van der Waals surface area (Å²) in [6, 6.07) is 7.28. The molecule has 1 aromatic carbocycles. The van der Waals surface area contributed by atoms with Crippen molar-refractivity contribution in [3.05, 3.63) is 28.7 Å². The van der Waals surface area contributed by atoms with Crippen LogP contribution in [0.3, 0.4) is 0 Å². The first-order valence-electron chi connectivity index (χ1n) is 5.22. The Kier molecular flexibility index (Phi) is 3.71. The third-order valence-corrected chi connectivity index (χ3v) is 2.90. The monoisotopic (exact) mass is 314 g/mol. The molecule has 0 bridgehead atoms. The van der Waals surface area contributed by atoms with Crippen molar-refractivity contribution in [1.82, 2.24) is 0 Å². The summed E-state index contributed by atoms with van der Waals surface area (Å²) in [5.41, 5.74) is 5.57. The number of nitrogens with two attached hydrogens (primary N) is 1. The minimum absolute atomic E-state index is 0.0361. The van der Waals surface area contributed by atoms with E-state index in [-0.39, 0.29) is 6.61 Å². The van der Waals surface area contributed by atoms with Gasteiger partial charge in [0.2, 0.25) is 0 Å². The van der Waals surface area contributed by atoms with Gasteiger partial charge in [0.05, 0.1) is 6.54 Å². The summed E-state index contributed by atoms with van der Waals surface area (Å²) in [5, 5.41) is 0. The number of hydrogen-bond acceptors (Lipinski definition) is 4. The Morgan fingerprint density at radius 2 is 2.39 bits per heavy atom. The standard InChI is InChI=1S/C11H11BrN2O4/c12-7-2-1-3-8(4-7)14-5-9(18-11(14)16)6-17-10(13)15/h1-4,9H,5-6H2,(H2,13,15). The highest BCUT2D eigenvalue weighted by Crippen LogP contribution is 2.24. The molecule has 96 valence electrons. The molecule has 2 N–H and O–H groups in total. The average molecular weight is 315 g/mol. The van der Waals surface area contributed by atoms with E-state index in [9.17, 15) is 9.59 Å². The number of ether oxygens (including phenoxy) is 2. The number of carbonyl (C=O) groups is 2. The highest BCUT2D eigenvalue weighted by molar-refractivity contribution is 9.10. The van der Waals surface area contributed by atoms with E-state index in [4.69, 9.17) is 10.5 Å². The minimum Gasteiger partial charge on any atom is -0.446 e. The lowest BCUT2D eigenvalue weighted by atomic mass is 10.3. The van der Waals surface area contributed by atoms with Crippen molar-refractivity contribution < 1.29 is 19.1 Å². The molecule has 0 spiro atoms. The van der Waals surface area contributed by atoms with Gasteiger partial charge in [-0.15, -0.1) is 0 Å². The lowest BCUT2D eigenvalue weighted by molar-refractivity contribution is 0.0779. The lowest BCUT2D eigenvalue weighted by Crippen LogP contribution is -2.27. The van der Waals surface area contributed by atoms with E-state index in [1.807, 2.05) is 12.1 Å². The normalized spacial score (nSPS) is 18.6. The number of amides is 2. The zero-order valence-corrected chi connectivity index (χ0v) is 10.9. The predicted octanol–water partition coefficient (Wildman–Crippen LogP) is 1.87. The van der Waals surface area contributed by atoms with E-state index in [0.717, 1.165) is 10.2 Å². The molecule has 1 atom stereocenters. The summed E-state index contributed by atoms with van der Waals surface area (Å²) >= 11 is 3.33. The van der Waals surface area contributed by atoms with E-state index in [1.165, 1.54) is 4.90 Å². The van der Waals surface area contributed by atoms with Crippen molar-refractivity contribution >= 4 is 33.8 Å². The maximum Gasteiger partial charge on any atom is 0.414 e. The van der Waals surface area contributed by atoms with Crippen LogP contribution < -0.4 is 10.6 Å². The summed E-state index contributed by atoms with van der Waals surface area (Å²) in [4.78, 5) is 23.6. The summed E-state index contributed by atoms with van der Waals surface area (Å²) in [5.74, 6) is 0. The molecule has 1 unspecified atom stereocenters. The van der Waals surface area contributed by atoms with E-state index >= 15 is 0 Å². The first-order valence-corrected chi connectivity index (χ1v) is 6.01. The van der Waals surface area contributed by atoms with Gasteiger partial charge in [0.1, 0.15) is 6.61 Å². The van der Waals surface area contributed by atoms with Crippen LogP contribution in [0.5, 0.6) is 0 Å². The number of anilines is 1. The fourth-order valence-corrected chi connectivity index (χ4v) is 2.03. The molecule has 1 aliphatic heterocycles. The number of hydrogen-bond donors (Lipinski definition) is 1. The van der Waals surface area contributed by atoms with Crippen LogP contribution in [0.25, 0.3) is 0 Å². The van der Waals surface area contributed by atoms with E-state index < -0.39 is 18.3 Å². The summed E-state index contributed by atoms with van der Waals surface area (Å²) < 4.78 is 10.5. The number of primary amides is 1. The first-order chi connectivity index (χ1) is 8.56. The zero-order chi connectivity index (χ0) is 13.1. The molecular formula is C11H11BrN2O4. The second-order valence-corrected chi connectivity index (χ2v) is 4.64. The Balaban J connectivity index is 2.03. The van der Waals surface area contributed by atoms with Crippen molar-refractivity contribution in [3.63, 3.8) is 0 Å². The number of benzene rings is 1. The third-order valence-electron chi connectivity index (χ3n) is 2.41. The SMILES string of the molecule is NC(=O)OCC1CN(c2cccc(Br)c2)C(=O)O1. The molecule has 1 aliphatic rings. The number of cyclic esters (lactones) is 1. The Hall–Kier alpha value is -1.76. The zero-order valence-electron chi connectivity index (χ0n) is 9.34. The van der Waals surface area contributed by atoms with Gasteiger partial charge < -0.3 is 15.2 Å². The van der Waals surface area contributed by atoms with Gasteiger partial charge in [-0.1, -0.05) is 22.0 Å². The van der Waals surface area contributed by atoms with Crippen LogP contribution in [-0.4, -0.2) is 31.4 Å². The largest absolute Gasteiger partial charge is 0.446 e. The van der Waals surface area contributed by atoms with Crippen LogP contribution in [0.15, 0.2) is 28.7 Å². The predicted molar refractivity (Wildman–Crippen MR) is 67.3 cm³/mol.